The summed E-state index contributed by atoms with van der Waals surface area (Å²) in [5.41, 5.74) is 3.36. The molecule has 1 heterocycles. The quantitative estimate of drug-likeness (QED) is 0.696. The predicted octanol–water partition coefficient (Wildman–Crippen LogP) is 4.47. The van der Waals surface area contributed by atoms with Gasteiger partial charge in [-0.2, -0.15) is 0 Å². The fourth-order valence-electron chi connectivity index (χ4n) is 2.34. The van der Waals surface area contributed by atoms with Gasteiger partial charge in [-0.05, 0) is 25.1 Å². The van der Waals surface area contributed by atoms with E-state index in [2.05, 4.69) is 20.9 Å². The van der Waals surface area contributed by atoms with Gasteiger partial charge in [-0.1, -0.05) is 46.3 Å². The molecule has 1 aromatic heterocycles. The second-order valence-electron chi connectivity index (χ2n) is 4.51. The van der Waals surface area contributed by atoms with E-state index in [1.807, 2.05) is 55.5 Å². The Hall–Kier alpha value is -1.87. The lowest BCUT2D eigenvalue weighted by Gasteiger charge is -2.02. The zero-order valence-corrected chi connectivity index (χ0v) is 12.0. The van der Waals surface area contributed by atoms with Gasteiger partial charge in [0.15, 0.2) is 5.78 Å². The Balaban J connectivity index is 2.19. The van der Waals surface area contributed by atoms with E-state index in [9.17, 15) is 4.79 Å². The molecule has 3 rings (SSSR count). The molecule has 0 fully saturated rings. The highest BCUT2D eigenvalue weighted by atomic mass is 79.9. The molecule has 94 valence electrons. The summed E-state index contributed by atoms with van der Waals surface area (Å²) < 4.78 is 0.913. The van der Waals surface area contributed by atoms with E-state index >= 15 is 0 Å². The van der Waals surface area contributed by atoms with Crippen molar-refractivity contribution in [1.29, 1.82) is 0 Å². The molecule has 0 bridgehead atoms. The Morgan fingerprint density at radius 3 is 2.68 bits per heavy atom. The highest BCUT2D eigenvalue weighted by molar-refractivity contribution is 9.10. The topological polar surface area (TPSA) is 32.9 Å². The largest absolute Gasteiger partial charge is 0.358 e. The Bertz CT molecular complexity index is 773. The Morgan fingerprint density at radius 2 is 1.89 bits per heavy atom. The fraction of sp³-hybridized carbons (Fsp3) is 0.0625. The van der Waals surface area contributed by atoms with Crippen LogP contribution in [0.25, 0.3) is 10.9 Å². The minimum absolute atomic E-state index is 0.0521. The number of ketones is 1. The maximum absolute atomic E-state index is 12.7. The van der Waals surface area contributed by atoms with Crippen molar-refractivity contribution in [1.82, 2.24) is 4.98 Å². The van der Waals surface area contributed by atoms with Crippen molar-refractivity contribution in [3.05, 3.63) is 69.8 Å². The van der Waals surface area contributed by atoms with Crippen molar-refractivity contribution in [2.45, 2.75) is 6.92 Å². The van der Waals surface area contributed by atoms with Crippen LogP contribution in [0, 0.1) is 6.92 Å². The highest BCUT2D eigenvalue weighted by Gasteiger charge is 2.17. The monoisotopic (exact) mass is 313 g/mol. The van der Waals surface area contributed by atoms with Gasteiger partial charge in [-0.3, -0.25) is 4.79 Å². The SMILES string of the molecule is Cc1[nH]c2ccccc2c1C(=O)c1cccc(Br)c1. The Kier molecular flexibility index (Phi) is 2.99. The van der Waals surface area contributed by atoms with Gasteiger partial charge in [0.25, 0.3) is 0 Å². The summed E-state index contributed by atoms with van der Waals surface area (Å²) in [6.45, 7) is 1.94. The van der Waals surface area contributed by atoms with Gasteiger partial charge in [0, 0.05) is 26.6 Å². The molecule has 2 nitrogen and oxygen atoms in total. The second kappa shape index (κ2) is 4.67. The van der Waals surface area contributed by atoms with Crippen LogP contribution in [0.3, 0.4) is 0 Å². The number of carbonyl (C=O) groups excluding carboxylic acids is 1. The molecule has 2 aromatic carbocycles. The van der Waals surface area contributed by atoms with Crippen LogP contribution >= 0.6 is 15.9 Å². The second-order valence-corrected chi connectivity index (χ2v) is 5.43. The maximum Gasteiger partial charge on any atom is 0.195 e. The van der Waals surface area contributed by atoms with Crippen molar-refractivity contribution in [2.75, 3.05) is 0 Å². The molecule has 0 saturated carbocycles. The van der Waals surface area contributed by atoms with E-state index in [4.69, 9.17) is 0 Å². The molecule has 0 saturated heterocycles. The molecule has 0 amide bonds. The number of para-hydroxylation sites is 1. The molecule has 1 N–H and O–H groups in total. The maximum atomic E-state index is 12.7. The minimum atomic E-state index is 0.0521. The molecule has 0 aliphatic heterocycles. The first-order valence-corrected chi connectivity index (χ1v) is 6.83. The zero-order valence-electron chi connectivity index (χ0n) is 10.4. The summed E-state index contributed by atoms with van der Waals surface area (Å²) in [4.78, 5) is 15.9. The number of hydrogen-bond donors (Lipinski definition) is 1. The number of H-pyrrole nitrogens is 1. The lowest BCUT2D eigenvalue weighted by molar-refractivity contribution is 0.103. The first kappa shape index (κ1) is 12.2. The summed E-state index contributed by atoms with van der Waals surface area (Å²) in [5, 5.41) is 0.977. The number of fused-ring (bicyclic) bond motifs is 1. The summed E-state index contributed by atoms with van der Waals surface area (Å²) >= 11 is 3.40. The molecular formula is C16H12BrNO. The minimum Gasteiger partial charge on any atom is -0.358 e. The summed E-state index contributed by atoms with van der Waals surface area (Å²) in [5.74, 6) is 0.0521. The number of benzene rings is 2. The third-order valence-corrected chi connectivity index (χ3v) is 3.70. The molecular weight excluding hydrogens is 302 g/mol. The molecule has 19 heavy (non-hydrogen) atoms. The number of carbonyl (C=O) groups is 1. The van der Waals surface area contributed by atoms with E-state index in [1.165, 1.54) is 0 Å². The first-order chi connectivity index (χ1) is 9.16. The number of halogens is 1. The average Bonchev–Trinajstić information content (AvgIpc) is 2.74. The molecule has 0 spiro atoms. The summed E-state index contributed by atoms with van der Waals surface area (Å²) in [6, 6.07) is 15.4. The average molecular weight is 314 g/mol. The van der Waals surface area contributed by atoms with Gasteiger partial charge < -0.3 is 4.98 Å². The summed E-state index contributed by atoms with van der Waals surface area (Å²) in [7, 11) is 0. The van der Waals surface area contributed by atoms with Crippen LogP contribution in [-0.4, -0.2) is 10.8 Å². The number of aromatic nitrogens is 1. The Morgan fingerprint density at radius 1 is 1.11 bits per heavy atom. The van der Waals surface area contributed by atoms with Gasteiger partial charge in [-0.25, -0.2) is 0 Å². The van der Waals surface area contributed by atoms with Crippen LogP contribution in [-0.2, 0) is 0 Å². The molecule has 0 radical (unpaired) electrons. The van der Waals surface area contributed by atoms with Gasteiger partial charge in [0.1, 0.15) is 0 Å². The lowest BCUT2D eigenvalue weighted by Crippen LogP contribution is -2.02. The van der Waals surface area contributed by atoms with E-state index < -0.39 is 0 Å². The van der Waals surface area contributed by atoms with Crippen LogP contribution in [0.2, 0.25) is 0 Å². The number of aromatic amines is 1. The normalized spacial score (nSPS) is 10.8. The molecule has 0 atom stereocenters. The molecule has 0 aliphatic rings. The highest BCUT2D eigenvalue weighted by Crippen LogP contribution is 2.25. The number of rotatable bonds is 2. The van der Waals surface area contributed by atoms with Gasteiger partial charge in [0.2, 0.25) is 0 Å². The van der Waals surface area contributed by atoms with Gasteiger partial charge in [0.05, 0.1) is 5.56 Å². The fourth-order valence-corrected chi connectivity index (χ4v) is 2.74. The number of nitrogens with one attached hydrogen (secondary N) is 1. The van der Waals surface area contributed by atoms with Crippen LogP contribution in [0.15, 0.2) is 53.0 Å². The van der Waals surface area contributed by atoms with Crippen LogP contribution in [0.1, 0.15) is 21.6 Å². The van der Waals surface area contributed by atoms with Gasteiger partial charge in [-0.15, -0.1) is 0 Å². The van der Waals surface area contributed by atoms with Crippen molar-refractivity contribution in [3.63, 3.8) is 0 Å². The molecule has 0 unspecified atom stereocenters. The van der Waals surface area contributed by atoms with E-state index in [1.54, 1.807) is 0 Å². The van der Waals surface area contributed by atoms with Crippen molar-refractivity contribution >= 4 is 32.6 Å². The third-order valence-electron chi connectivity index (χ3n) is 3.21. The molecule has 3 heteroatoms. The first-order valence-electron chi connectivity index (χ1n) is 6.04. The molecule has 0 aliphatic carbocycles. The predicted molar refractivity (Wildman–Crippen MR) is 80.6 cm³/mol. The van der Waals surface area contributed by atoms with Crippen LogP contribution in [0.4, 0.5) is 0 Å². The van der Waals surface area contributed by atoms with Crippen molar-refractivity contribution in [2.24, 2.45) is 0 Å². The smallest absolute Gasteiger partial charge is 0.195 e. The standard InChI is InChI=1S/C16H12BrNO/c1-10-15(13-7-2-3-8-14(13)18-10)16(19)11-5-4-6-12(17)9-11/h2-9,18H,1H3. The van der Waals surface area contributed by atoms with E-state index in [0.717, 1.165) is 26.6 Å². The zero-order chi connectivity index (χ0) is 13.4. The molecule has 3 aromatic rings. The number of aryl methyl sites for hydroxylation is 1. The number of hydrogen-bond acceptors (Lipinski definition) is 1. The van der Waals surface area contributed by atoms with Crippen molar-refractivity contribution in [3.8, 4) is 0 Å². The summed E-state index contributed by atoms with van der Waals surface area (Å²) in [6.07, 6.45) is 0. The third kappa shape index (κ3) is 2.10. The van der Waals surface area contributed by atoms with Crippen LogP contribution < -0.4 is 0 Å². The van der Waals surface area contributed by atoms with Crippen molar-refractivity contribution < 1.29 is 4.79 Å². The lowest BCUT2D eigenvalue weighted by atomic mass is 10.0. The van der Waals surface area contributed by atoms with E-state index in [0.29, 0.717) is 5.56 Å². The van der Waals surface area contributed by atoms with Gasteiger partial charge >= 0.3 is 0 Å². The van der Waals surface area contributed by atoms with Crippen LogP contribution in [0.5, 0.6) is 0 Å². The Labute approximate surface area is 119 Å². The van der Waals surface area contributed by atoms with E-state index in [-0.39, 0.29) is 5.78 Å².